The zero-order chi connectivity index (χ0) is 20.1. The molecule has 156 valence electrons. The van der Waals surface area contributed by atoms with E-state index in [0.29, 0.717) is 13.0 Å². The van der Waals surface area contributed by atoms with Crippen molar-refractivity contribution in [3.8, 4) is 0 Å². The van der Waals surface area contributed by atoms with Crippen LogP contribution in [-0.2, 0) is 37.0 Å². The van der Waals surface area contributed by atoms with Crippen LogP contribution >= 0.6 is 0 Å². The smallest absolute Gasteiger partial charge is 0.224 e. The minimum atomic E-state index is 0.0671. The number of rotatable bonds is 7. The summed E-state index contributed by atoms with van der Waals surface area (Å²) < 4.78 is 0. The number of hydrogen-bond acceptors (Lipinski definition) is 3. The number of amides is 1. The fourth-order valence-electron chi connectivity index (χ4n) is 4.80. The van der Waals surface area contributed by atoms with Gasteiger partial charge in [-0.05, 0) is 74.2 Å². The molecule has 0 radical (unpaired) electrons. The number of aromatic amines is 1. The highest BCUT2D eigenvalue weighted by molar-refractivity contribution is 5.78. The maximum Gasteiger partial charge on any atom is 0.224 e. The molecule has 5 nitrogen and oxygen atoms in total. The summed E-state index contributed by atoms with van der Waals surface area (Å²) >= 11 is 0. The number of aromatic nitrogens is 2. The van der Waals surface area contributed by atoms with E-state index in [1.807, 2.05) is 0 Å². The van der Waals surface area contributed by atoms with E-state index in [2.05, 4.69) is 51.6 Å². The van der Waals surface area contributed by atoms with E-state index in [4.69, 9.17) is 0 Å². The van der Waals surface area contributed by atoms with Crippen LogP contribution in [0.15, 0.2) is 24.3 Å². The molecule has 5 heteroatoms. The summed E-state index contributed by atoms with van der Waals surface area (Å²) in [6, 6.07) is 8.62. The van der Waals surface area contributed by atoms with Gasteiger partial charge in [-0.1, -0.05) is 37.6 Å². The lowest BCUT2D eigenvalue weighted by atomic mass is 9.97. The summed E-state index contributed by atoms with van der Waals surface area (Å²) in [6.07, 6.45) is 8.77. The molecular weight excluding hydrogens is 360 g/mol. The van der Waals surface area contributed by atoms with Crippen LogP contribution in [0.1, 0.15) is 60.7 Å². The maximum atomic E-state index is 12.4. The Morgan fingerprint density at radius 2 is 1.97 bits per heavy atom. The molecule has 29 heavy (non-hydrogen) atoms. The van der Waals surface area contributed by atoms with Gasteiger partial charge in [0.05, 0.1) is 18.7 Å². The van der Waals surface area contributed by atoms with Gasteiger partial charge in [0.1, 0.15) is 0 Å². The van der Waals surface area contributed by atoms with E-state index >= 15 is 0 Å². The van der Waals surface area contributed by atoms with Crippen molar-refractivity contribution in [3.05, 3.63) is 52.3 Å². The van der Waals surface area contributed by atoms with E-state index in [9.17, 15) is 4.79 Å². The van der Waals surface area contributed by atoms with Gasteiger partial charge in [0.2, 0.25) is 5.91 Å². The van der Waals surface area contributed by atoms with Crippen molar-refractivity contribution in [2.24, 2.45) is 5.92 Å². The molecule has 0 spiro atoms. The van der Waals surface area contributed by atoms with E-state index in [1.165, 1.54) is 55.6 Å². The third-order valence-corrected chi connectivity index (χ3v) is 6.57. The van der Waals surface area contributed by atoms with Crippen LogP contribution < -0.4 is 5.32 Å². The van der Waals surface area contributed by atoms with Crippen molar-refractivity contribution in [3.63, 3.8) is 0 Å². The Hall–Kier alpha value is -2.14. The lowest BCUT2D eigenvalue weighted by molar-refractivity contribution is -0.120. The fraction of sp³-hybridized carbons (Fsp3) is 0.583. The van der Waals surface area contributed by atoms with E-state index in [1.54, 1.807) is 0 Å². The van der Waals surface area contributed by atoms with Crippen molar-refractivity contribution < 1.29 is 4.79 Å². The van der Waals surface area contributed by atoms with Gasteiger partial charge < -0.3 is 10.2 Å². The molecule has 1 aliphatic heterocycles. The van der Waals surface area contributed by atoms with Crippen molar-refractivity contribution in [2.45, 2.75) is 64.8 Å². The normalized spacial score (nSPS) is 19.7. The van der Waals surface area contributed by atoms with Crippen LogP contribution in [0.25, 0.3) is 0 Å². The molecule has 1 aromatic heterocycles. The zero-order valence-electron chi connectivity index (χ0n) is 17.7. The Balaban J connectivity index is 1.25. The molecule has 1 atom stereocenters. The van der Waals surface area contributed by atoms with Gasteiger partial charge in [0.15, 0.2) is 0 Å². The molecule has 2 heterocycles. The summed E-state index contributed by atoms with van der Waals surface area (Å²) in [5.41, 5.74) is 6.08. The van der Waals surface area contributed by atoms with Gasteiger partial charge in [-0.15, -0.1) is 0 Å². The third kappa shape index (κ3) is 5.27. The number of H-pyrrole nitrogens is 1. The number of likely N-dealkylation sites (tertiary alicyclic amines) is 1. The Morgan fingerprint density at radius 1 is 1.17 bits per heavy atom. The predicted octanol–water partition coefficient (Wildman–Crippen LogP) is 3.42. The van der Waals surface area contributed by atoms with Gasteiger partial charge in [-0.3, -0.25) is 9.89 Å². The molecule has 0 bridgehead atoms. The fourth-order valence-corrected chi connectivity index (χ4v) is 4.80. The number of nitrogens with one attached hydrogen (secondary N) is 2. The van der Waals surface area contributed by atoms with E-state index in [-0.39, 0.29) is 5.91 Å². The molecule has 0 saturated carbocycles. The number of carbonyl (C=O) groups is 1. The molecule has 2 aliphatic rings. The number of aryl methyl sites for hydroxylation is 1. The van der Waals surface area contributed by atoms with E-state index in [0.717, 1.165) is 43.0 Å². The highest BCUT2D eigenvalue weighted by atomic mass is 16.1. The molecule has 1 saturated heterocycles. The van der Waals surface area contributed by atoms with Crippen LogP contribution in [0.5, 0.6) is 0 Å². The van der Waals surface area contributed by atoms with Crippen LogP contribution in [-0.4, -0.2) is 40.6 Å². The first-order chi connectivity index (χ1) is 14.2. The first-order valence-corrected chi connectivity index (χ1v) is 11.3. The first kappa shape index (κ1) is 20.1. The monoisotopic (exact) mass is 394 g/mol. The van der Waals surface area contributed by atoms with Crippen molar-refractivity contribution in [1.29, 1.82) is 0 Å². The molecule has 4 rings (SSSR count). The Morgan fingerprint density at radius 3 is 2.76 bits per heavy atom. The second kappa shape index (κ2) is 9.57. The van der Waals surface area contributed by atoms with Gasteiger partial charge >= 0.3 is 0 Å². The number of hydrogen-bond donors (Lipinski definition) is 2. The van der Waals surface area contributed by atoms with E-state index < -0.39 is 0 Å². The van der Waals surface area contributed by atoms with Gasteiger partial charge in [0.25, 0.3) is 0 Å². The number of carbonyl (C=O) groups excluding carboxylic acids is 1. The summed E-state index contributed by atoms with van der Waals surface area (Å²) in [4.78, 5) is 15.0. The van der Waals surface area contributed by atoms with Crippen LogP contribution in [0.4, 0.5) is 0 Å². The molecule has 1 aliphatic carbocycles. The minimum absolute atomic E-state index is 0.0671. The summed E-state index contributed by atoms with van der Waals surface area (Å²) in [5.74, 6) is 0.839. The first-order valence-electron chi connectivity index (χ1n) is 11.3. The van der Waals surface area contributed by atoms with Crippen molar-refractivity contribution in [1.82, 2.24) is 20.4 Å². The maximum absolute atomic E-state index is 12.4. The summed E-state index contributed by atoms with van der Waals surface area (Å²) in [5, 5.41) is 10.7. The molecule has 2 N–H and O–H groups in total. The van der Waals surface area contributed by atoms with Gasteiger partial charge in [-0.25, -0.2) is 0 Å². The Kier molecular flexibility index (Phi) is 6.65. The van der Waals surface area contributed by atoms with Crippen molar-refractivity contribution in [2.75, 3.05) is 19.6 Å². The van der Waals surface area contributed by atoms with Crippen LogP contribution in [0, 0.1) is 5.92 Å². The molecule has 1 amide bonds. The molecule has 1 fully saturated rings. The average Bonchev–Trinajstić information content (AvgIpc) is 3.27. The number of fused-ring (bicyclic) bond motifs is 1. The summed E-state index contributed by atoms with van der Waals surface area (Å²) in [7, 11) is 0. The lowest BCUT2D eigenvalue weighted by Gasteiger charge is -2.13. The largest absolute Gasteiger partial charge is 0.350 e. The Labute approximate surface area is 174 Å². The average molecular weight is 395 g/mol. The highest BCUT2D eigenvalue weighted by Gasteiger charge is 2.21. The quantitative estimate of drug-likeness (QED) is 0.708. The minimum Gasteiger partial charge on any atom is -0.350 e. The number of benzene rings is 1. The molecular formula is C24H34N4O. The molecule has 2 aromatic rings. The van der Waals surface area contributed by atoms with Gasteiger partial charge in [-0.2, -0.15) is 5.10 Å². The second-order valence-corrected chi connectivity index (χ2v) is 8.71. The summed E-state index contributed by atoms with van der Waals surface area (Å²) in [6.45, 7) is 6.38. The van der Waals surface area contributed by atoms with Crippen LogP contribution in [0.3, 0.4) is 0 Å². The third-order valence-electron chi connectivity index (χ3n) is 6.57. The predicted molar refractivity (Wildman–Crippen MR) is 116 cm³/mol. The van der Waals surface area contributed by atoms with Crippen LogP contribution in [0.2, 0.25) is 0 Å². The lowest BCUT2D eigenvalue weighted by Crippen LogP contribution is -2.25. The zero-order valence-corrected chi connectivity index (χ0v) is 17.7. The number of nitrogens with zero attached hydrogens (tertiary/aromatic N) is 2. The van der Waals surface area contributed by atoms with Gasteiger partial charge in [0, 0.05) is 12.2 Å². The van der Waals surface area contributed by atoms with Crippen molar-refractivity contribution >= 4 is 5.91 Å². The molecule has 1 aromatic carbocycles. The Bertz CT molecular complexity index is 811. The topological polar surface area (TPSA) is 61.0 Å². The molecule has 1 unspecified atom stereocenters. The SMILES string of the molecule is CCN1CCC(Cc2ccc(CC(=O)NCc3n[nH]c4c3CCCCC4)cc2)C1. The standard InChI is InChI=1S/C24H34N4O/c1-2-28-13-12-20(17-28)14-18-8-10-19(11-9-18)15-24(29)25-16-23-21-6-4-3-5-7-22(21)26-27-23/h8-11,20H,2-7,12-17H2,1H3,(H,25,29)(H,26,27). The second-order valence-electron chi connectivity index (χ2n) is 8.71. The highest BCUT2D eigenvalue weighted by Crippen LogP contribution is 2.22.